The average Bonchev–Trinajstić information content (AvgIpc) is 2.44. The monoisotopic (exact) mass is 304 g/mol. The fraction of sp³-hybridized carbons (Fsp3) is 0.867. The van der Waals surface area contributed by atoms with Gasteiger partial charge < -0.3 is 18.9 Å². The number of rotatable bonds is 12. The van der Waals surface area contributed by atoms with Crippen molar-refractivity contribution in [2.24, 2.45) is 0 Å². The normalized spacial score (nSPS) is 11.2. The molecule has 0 amide bonds. The number of unbranched alkanes of at least 4 members (excludes halogenated alkanes) is 2. The largest absolute Gasteiger partial charge is 0.466 e. The van der Waals surface area contributed by atoms with Crippen LogP contribution >= 0.6 is 0 Å². The van der Waals surface area contributed by atoms with Gasteiger partial charge in [-0.3, -0.25) is 9.59 Å². The first kappa shape index (κ1) is 19.9. The van der Waals surface area contributed by atoms with Gasteiger partial charge in [0.25, 0.3) is 0 Å². The Morgan fingerprint density at radius 1 is 0.762 bits per heavy atom. The highest BCUT2D eigenvalue weighted by Gasteiger charge is 2.28. The Balaban J connectivity index is 3.94. The molecule has 0 atom stereocenters. The van der Waals surface area contributed by atoms with Gasteiger partial charge >= 0.3 is 11.9 Å². The minimum Gasteiger partial charge on any atom is -0.466 e. The van der Waals surface area contributed by atoms with Gasteiger partial charge in [0, 0.05) is 40.9 Å². The molecule has 0 aliphatic heterocycles. The molecule has 0 saturated heterocycles. The predicted octanol–water partition coefficient (Wildman–Crippen LogP) is 2.44. The van der Waals surface area contributed by atoms with Crippen LogP contribution in [0.2, 0.25) is 0 Å². The summed E-state index contributed by atoms with van der Waals surface area (Å²) in [7, 11) is 3.25. The van der Waals surface area contributed by atoms with E-state index in [0.717, 1.165) is 38.5 Å². The fourth-order valence-corrected chi connectivity index (χ4v) is 2.04. The zero-order valence-electron chi connectivity index (χ0n) is 13.6. The first-order chi connectivity index (χ1) is 9.95. The van der Waals surface area contributed by atoms with Crippen LogP contribution < -0.4 is 0 Å². The Morgan fingerprint density at radius 3 is 1.43 bits per heavy atom. The average molecular weight is 304 g/mol. The van der Waals surface area contributed by atoms with Crippen molar-refractivity contribution in [2.75, 3.05) is 27.4 Å². The molecule has 0 fully saturated rings. The van der Waals surface area contributed by atoms with E-state index < -0.39 is 5.79 Å². The molecule has 6 nitrogen and oxygen atoms in total. The Kier molecular flexibility index (Phi) is 10.9. The van der Waals surface area contributed by atoms with Crippen LogP contribution in [-0.4, -0.2) is 45.2 Å². The number of methoxy groups -OCH3 is 2. The van der Waals surface area contributed by atoms with Crippen molar-refractivity contribution in [3.05, 3.63) is 0 Å². The second-order valence-electron chi connectivity index (χ2n) is 4.91. The van der Waals surface area contributed by atoms with Crippen molar-refractivity contribution in [3.8, 4) is 0 Å². The maximum atomic E-state index is 10.7. The molecule has 0 aliphatic rings. The van der Waals surface area contributed by atoms with Crippen LogP contribution in [0.25, 0.3) is 0 Å². The van der Waals surface area contributed by atoms with Gasteiger partial charge in [-0.25, -0.2) is 0 Å². The second kappa shape index (κ2) is 11.5. The van der Waals surface area contributed by atoms with Crippen LogP contribution in [0.1, 0.15) is 52.4 Å². The molecule has 0 N–H and O–H groups in total. The summed E-state index contributed by atoms with van der Waals surface area (Å²) < 4.78 is 20.8. The van der Waals surface area contributed by atoms with Gasteiger partial charge in [-0.05, 0) is 25.7 Å². The third-order valence-corrected chi connectivity index (χ3v) is 3.26. The van der Waals surface area contributed by atoms with E-state index in [9.17, 15) is 9.59 Å². The number of ether oxygens (including phenoxy) is 4. The first-order valence-electron chi connectivity index (χ1n) is 7.33. The molecular weight excluding hydrogens is 276 g/mol. The number of hydrogen-bond acceptors (Lipinski definition) is 6. The summed E-state index contributed by atoms with van der Waals surface area (Å²) in [4.78, 5) is 21.3. The van der Waals surface area contributed by atoms with Crippen molar-refractivity contribution in [2.45, 2.75) is 58.2 Å². The van der Waals surface area contributed by atoms with Gasteiger partial charge in [0.05, 0.1) is 13.2 Å². The molecule has 21 heavy (non-hydrogen) atoms. The molecule has 0 unspecified atom stereocenters. The fourth-order valence-electron chi connectivity index (χ4n) is 2.04. The van der Waals surface area contributed by atoms with E-state index in [1.165, 1.54) is 13.8 Å². The van der Waals surface area contributed by atoms with E-state index in [0.29, 0.717) is 13.2 Å². The van der Waals surface area contributed by atoms with Gasteiger partial charge in [0.15, 0.2) is 5.79 Å². The maximum Gasteiger partial charge on any atom is 0.302 e. The second-order valence-corrected chi connectivity index (χ2v) is 4.91. The lowest BCUT2D eigenvalue weighted by atomic mass is 10.0. The van der Waals surface area contributed by atoms with Crippen LogP contribution in [0.3, 0.4) is 0 Å². The SMILES string of the molecule is COC(CCCCOC(C)=O)(CCCCOC(C)=O)OC. The molecule has 124 valence electrons. The van der Waals surface area contributed by atoms with Gasteiger partial charge in [-0.1, -0.05) is 0 Å². The highest BCUT2D eigenvalue weighted by Crippen LogP contribution is 2.26. The van der Waals surface area contributed by atoms with Crippen LogP contribution in [-0.2, 0) is 28.5 Å². The van der Waals surface area contributed by atoms with Gasteiger partial charge in [0.1, 0.15) is 0 Å². The molecule has 0 aromatic heterocycles. The summed E-state index contributed by atoms with van der Waals surface area (Å²) in [5, 5.41) is 0. The van der Waals surface area contributed by atoms with E-state index in [4.69, 9.17) is 18.9 Å². The van der Waals surface area contributed by atoms with Gasteiger partial charge in [-0.15, -0.1) is 0 Å². The molecule has 6 heteroatoms. The van der Waals surface area contributed by atoms with E-state index >= 15 is 0 Å². The molecule has 0 radical (unpaired) electrons. The van der Waals surface area contributed by atoms with E-state index in [1.807, 2.05) is 0 Å². The molecule has 0 aliphatic carbocycles. The third-order valence-electron chi connectivity index (χ3n) is 3.26. The maximum absolute atomic E-state index is 10.7. The first-order valence-corrected chi connectivity index (χ1v) is 7.33. The number of carbonyl (C=O) groups excluding carboxylic acids is 2. The molecule has 0 aromatic carbocycles. The molecule has 0 spiro atoms. The Bertz CT molecular complexity index is 273. The van der Waals surface area contributed by atoms with E-state index in [2.05, 4.69) is 0 Å². The quantitative estimate of drug-likeness (QED) is 0.313. The molecule has 0 aromatic rings. The number of carbonyl (C=O) groups is 2. The van der Waals surface area contributed by atoms with Crippen molar-refractivity contribution in [1.29, 1.82) is 0 Å². The van der Waals surface area contributed by atoms with Gasteiger partial charge in [-0.2, -0.15) is 0 Å². The minimum absolute atomic E-state index is 0.259. The van der Waals surface area contributed by atoms with Gasteiger partial charge in [0.2, 0.25) is 0 Å². The topological polar surface area (TPSA) is 71.1 Å². The molecule has 0 saturated carbocycles. The van der Waals surface area contributed by atoms with E-state index in [-0.39, 0.29) is 11.9 Å². The van der Waals surface area contributed by atoms with E-state index in [1.54, 1.807) is 14.2 Å². The zero-order valence-corrected chi connectivity index (χ0v) is 13.6. The highest BCUT2D eigenvalue weighted by molar-refractivity contribution is 5.66. The highest BCUT2D eigenvalue weighted by atomic mass is 16.7. The lowest BCUT2D eigenvalue weighted by Gasteiger charge is -2.31. The molecular formula is C15H28O6. The van der Waals surface area contributed by atoms with Crippen LogP contribution in [0.4, 0.5) is 0 Å². The Labute approximate surface area is 127 Å². The summed E-state index contributed by atoms with van der Waals surface area (Å²) in [6.07, 6.45) is 4.71. The summed E-state index contributed by atoms with van der Waals surface area (Å²) in [6, 6.07) is 0. The van der Waals surface area contributed by atoms with Crippen molar-refractivity contribution < 1.29 is 28.5 Å². The van der Waals surface area contributed by atoms with Crippen molar-refractivity contribution in [3.63, 3.8) is 0 Å². The van der Waals surface area contributed by atoms with Crippen LogP contribution in [0, 0.1) is 0 Å². The van der Waals surface area contributed by atoms with Crippen molar-refractivity contribution in [1.82, 2.24) is 0 Å². The summed E-state index contributed by atoms with van der Waals surface area (Å²) in [5.74, 6) is -1.14. The number of hydrogen-bond donors (Lipinski definition) is 0. The summed E-state index contributed by atoms with van der Waals surface area (Å²) in [6.45, 7) is 3.64. The number of esters is 2. The molecule has 0 bridgehead atoms. The Hall–Kier alpha value is -1.14. The minimum atomic E-state index is -0.619. The Morgan fingerprint density at radius 2 is 1.14 bits per heavy atom. The van der Waals surface area contributed by atoms with Crippen LogP contribution in [0.15, 0.2) is 0 Å². The zero-order chi connectivity index (χ0) is 16.1. The standard InChI is InChI=1S/C15H28O6/c1-13(16)20-11-7-5-9-15(18-3,19-4)10-6-8-12-21-14(2)17/h5-12H2,1-4H3. The molecule has 0 rings (SSSR count). The van der Waals surface area contributed by atoms with Crippen LogP contribution in [0.5, 0.6) is 0 Å². The van der Waals surface area contributed by atoms with Crippen molar-refractivity contribution >= 4 is 11.9 Å². The summed E-state index contributed by atoms with van der Waals surface area (Å²) in [5.41, 5.74) is 0. The lowest BCUT2D eigenvalue weighted by Crippen LogP contribution is -2.33. The smallest absolute Gasteiger partial charge is 0.302 e. The molecule has 0 heterocycles. The summed E-state index contributed by atoms with van der Waals surface area (Å²) >= 11 is 0. The predicted molar refractivity (Wildman–Crippen MR) is 77.7 cm³/mol. The third kappa shape index (κ3) is 10.3. The lowest BCUT2D eigenvalue weighted by molar-refractivity contribution is -0.216.